The number of aryl methyl sites for hydroxylation is 1. The van der Waals surface area contributed by atoms with E-state index in [9.17, 15) is 4.79 Å². The lowest BCUT2D eigenvalue weighted by molar-refractivity contribution is -0.129. The second-order valence-electron chi connectivity index (χ2n) is 4.65. The summed E-state index contributed by atoms with van der Waals surface area (Å²) in [6.45, 7) is 4.96. The van der Waals surface area contributed by atoms with Gasteiger partial charge in [0.2, 0.25) is 5.91 Å². The highest BCUT2D eigenvalue weighted by molar-refractivity contribution is 5.78. The molecule has 0 N–H and O–H groups in total. The van der Waals surface area contributed by atoms with Gasteiger partial charge in [-0.25, -0.2) is 0 Å². The van der Waals surface area contributed by atoms with Crippen molar-refractivity contribution >= 4 is 5.91 Å². The Morgan fingerprint density at radius 1 is 1.39 bits per heavy atom. The number of benzene rings is 1. The molecule has 1 aromatic rings. The molecule has 0 aliphatic heterocycles. The molecule has 1 amide bonds. The van der Waals surface area contributed by atoms with Gasteiger partial charge in [-0.1, -0.05) is 25.5 Å². The summed E-state index contributed by atoms with van der Waals surface area (Å²) in [6, 6.07) is 5.89. The summed E-state index contributed by atoms with van der Waals surface area (Å²) in [5.74, 6) is 1.04. The third-order valence-corrected chi connectivity index (χ3v) is 3.09. The van der Waals surface area contributed by atoms with E-state index >= 15 is 0 Å². The van der Waals surface area contributed by atoms with Gasteiger partial charge in [0.15, 0.2) is 0 Å². The third-order valence-electron chi connectivity index (χ3n) is 3.09. The van der Waals surface area contributed by atoms with Crippen molar-refractivity contribution in [2.45, 2.75) is 33.1 Å². The number of likely N-dealkylation sites (N-methyl/N-ethyl adjacent to an activating group) is 1. The molecule has 1 rings (SSSR count). The Bertz CT molecular complexity index is 401. The second-order valence-corrected chi connectivity index (χ2v) is 4.65. The van der Waals surface area contributed by atoms with Gasteiger partial charge in [-0.2, -0.15) is 0 Å². The zero-order chi connectivity index (χ0) is 13.5. The molecule has 0 aliphatic carbocycles. The molecule has 3 nitrogen and oxygen atoms in total. The first kappa shape index (κ1) is 14.6. The SMILES string of the molecule is CCCCN(C)C(=O)Cc1ccc(OC)c(C)c1. The average molecular weight is 249 g/mol. The Morgan fingerprint density at radius 2 is 2.11 bits per heavy atom. The first-order valence-electron chi connectivity index (χ1n) is 6.46. The highest BCUT2D eigenvalue weighted by atomic mass is 16.5. The Balaban J connectivity index is 2.61. The first-order chi connectivity index (χ1) is 8.58. The predicted molar refractivity (Wildman–Crippen MR) is 74.0 cm³/mol. The molecule has 0 fully saturated rings. The van der Waals surface area contributed by atoms with Crippen LogP contribution < -0.4 is 4.74 Å². The lowest BCUT2D eigenvalue weighted by Gasteiger charge is -2.17. The van der Waals surface area contributed by atoms with Crippen LogP contribution in [0.25, 0.3) is 0 Å². The minimum atomic E-state index is 0.174. The van der Waals surface area contributed by atoms with Crippen LogP contribution in [0.4, 0.5) is 0 Å². The molecule has 0 unspecified atom stereocenters. The number of rotatable bonds is 6. The normalized spacial score (nSPS) is 10.2. The summed E-state index contributed by atoms with van der Waals surface area (Å²) in [5.41, 5.74) is 2.11. The fraction of sp³-hybridized carbons (Fsp3) is 0.533. The summed E-state index contributed by atoms with van der Waals surface area (Å²) in [4.78, 5) is 13.8. The van der Waals surface area contributed by atoms with Crippen LogP contribution in [0, 0.1) is 6.92 Å². The molecular weight excluding hydrogens is 226 g/mol. The van der Waals surface area contributed by atoms with Gasteiger partial charge >= 0.3 is 0 Å². The standard InChI is InChI=1S/C15H23NO2/c1-5-6-9-16(3)15(17)11-13-7-8-14(18-4)12(2)10-13/h7-8,10H,5-6,9,11H2,1-4H3. The number of ether oxygens (including phenoxy) is 1. The van der Waals surface area contributed by atoms with Crippen molar-refractivity contribution in [3.05, 3.63) is 29.3 Å². The summed E-state index contributed by atoms with van der Waals surface area (Å²) < 4.78 is 5.21. The van der Waals surface area contributed by atoms with E-state index in [0.29, 0.717) is 6.42 Å². The Hall–Kier alpha value is -1.51. The largest absolute Gasteiger partial charge is 0.496 e. The molecule has 0 spiro atoms. The highest BCUT2D eigenvalue weighted by Crippen LogP contribution is 2.19. The van der Waals surface area contributed by atoms with Gasteiger partial charge in [0, 0.05) is 13.6 Å². The van der Waals surface area contributed by atoms with Crippen molar-refractivity contribution in [1.82, 2.24) is 4.90 Å². The summed E-state index contributed by atoms with van der Waals surface area (Å²) in [7, 11) is 3.53. The molecule has 0 aromatic heterocycles. The van der Waals surface area contributed by atoms with Gasteiger partial charge < -0.3 is 9.64 Å². The lowest BCUT2D eigenvalue weighted by Crippen LogP contribution is -2.29. The van der Waals surface area contributed by atoms with Gasteiger partial charge in [0.25, 0.3) is 0 Å². The van der Waals surface area contributed by atoms with Crippen LogP contribution in [0.15, 0.2) is 18.2 Å². The number of amides is 1. The topological polar surface area (TPSA) is 29.5 Å². The minimum absolute atomic E-state index is 0.174. The van der Waals surface area contributed by atoms with E-state index in [4.69, 9.17) is 4.74 Å². The van der Waals surface area contributed by atoms with E-state index in [1.165, 1.54) is 0 Å². The van der Waals surface area contributed by atoms with Crippen molar-refractivity contribution in [3.8, 4) is 5.75 Å². The van der Waals surface area contributed by atoms with Crippen LogP contribution in [-0.2, 0) is 11.2 Å². The lowest BCUT2D eigenvalue weighted by atomic mass is 10.1. The molecule has 0 saturated carbocycles. The van der Waals surface area contributed by atoms with E-state index in [1.54, 1.807) is 7.11 Å². The molecule has 3 heteroatoms. The maximum absolute atomic E-state index is 12.0. The zero-order valence-electron chi connectivity index (χ0n) is 11.8. The number of carbonyl (C=O) groups is 1. The van der Waals surface area contributed by atoms with Crippen LogP contribution in [-0.4, -0.2) is 31.5 Å². The fourth-order valence-electron chi connectivity index (χ4n) is 1.88. The number of unbranched alkanes of at least 4 members (excludes halogenated alkanes) is 1. The van der Waals surface area contributed by atoms with Crippen molar-refractivity contribution in [1.29, 1.82) is 0 Å². The number of hydrogen-bond acceptors (Lipinski definition) is 2. The molecule has 0 atom stereocenters. The van der Waals surface area contributed by atoms with Crippen LogP contribution >= 0.6 is 0 Å². The molecule has 0 heterocycles. The Morgan fingerprint density at radius 3 is 2.67 bits per heavy atom. The number of methoxy groups -OCH3 is 1. The molecule has 1 aromatic carbocycles. The van der Waals surface area contributed by atoms with Gasteiger partial charge in [-0.3, -0.25) is 4.79 Å². The first-order valence-corrected chi connectivity index (χ1v) is 6.46. The summed E-state index contributed by atoms with van der Waals surface area (Å²) in [5, 5.41) is 0. The summed E-state index contributed by atoms with van der Waals surface area (Å²) >= 11 is 0. The molecule has 100 valence electrons. The van der Waals surface area contributed by atoms with Crippen LogP contribution in [0.2, 0.25) is 0 Å². The van der Waals surface area contributed by atoms with Gasteiger partial charge in [0.1, 0.15) is 5.75 Å². The van der Waals surface area contributed by atoms with Gasteiger partial charge in [0.05, 0.1) is 13.5 Å². The smallest absolute Gasteiger partial charge is 0.226 e. The maximum atomic E-state index is 12.0. The van der Waals surface area contributed by atoms with E-state index < -0.39 is 0 Å². The van der Waals surface area contributed by atoms with E-state index in [2.05, 4.69) is 6.92 Å². The van der Waals surface area contributed by atoms with Crippen LogP contribution in [0.3, 0.4) is 0 Å². The highest BCUT2D eigenvalue weighted by Gasteiger charge is 2.10. The van der Waals surface area contributed by atoms with E-state index in [1.807, 2.05) is 37.1 Å². The van der Waals surface area contributed by atoms with E-state index in [-0.39, 0.29) is 5.91 Å². The molecule has 0 radical (unpaired) electrons. The second kappa shape index (κ2) is 7.04. The number of carbonyl (C=O) groups excluding carboxylic acids is 1. The molecule has 18 heavy (non-hydrogen) atoms. The summed E-state index contributed by atoms with van der Waals surface area (Å²) in [6.07, 6.45) is 2.63. The van der Waals surface area contributed by atoms with Crippen molar-refractivity contribution in [2.24, 2.45) is 0 Å². The molecule has 0 aliphatic rings. The maximum Gasteiger partial charge on any atom is 0.226 e. The zero-order valence-corrected chi connectivity index (χ0v) is 11.8. The number of hydrogen-bond donors (Lipinski definition) is 0. The fourth-order valence-corrected chi connectivity index (χ4v) is 1.88. The molecule has 0 saturated heterocycles. The minimum Gasteiger partial charge on any atom is -0.496 e. The van der Waals surface area contributed by atoms with Gasteiger partial charge in [-0.15, -0.1) is 0 Å². The quantitative estimate of drug-likeness (QED) is 0.776. The number of nitrogens with zero attached hydrogens (tertiary/aromatic N) is 1. The molecular formula is C15H23NO2. The Kier molecular flexibility index (Phi) is 5.69. The van der Waals surface area contributed by atoms with Crippen molar-refractivity contribution in [2.75, 3.05) is 20.7 Å². The Labute approximate surface area is 110 Å². The van der Waals surface area contributed by atoms with Gasteiger partial charge in [-0.05, 0) is 30.5 Å². The van der Waals surface area contributed by atoms with Crippen LogP contribution in [0.5, 0.6) is 5.75 Å². The monoisotopic (exact) mass is 249 g/mol. The predicted octanol–water partition coefficient (Wildman–Crippen LogP) is 2.80. The molecule has 0 bridgehead atoms. The third kappa shape index (κ3) is 4.06. The average Bonchev–Trinajstić information content (AvgIpc) is 2.36. The van der Waals surface area contributed by atoms with Crippen LogP contribution in [0.1, 0.15) is 30.9 Å². The van der Waals surface area contributed by atoms with Crippen molar-refractivity contribution in [3.63, 3.8) is 0 Å². The van der Waals surface area contributed by atoms with E-state index in [0.717, 1.165) is 36.3 Å². The van der Waals surface area contributed by atoms with Crippen molar-refractivity contribution < 1.29 is 9.53 Å².